The highest BCUT2D eigenvalue weighted by Crippen LogP contribution is 2.35. The van der Waals surface area contributed by atoms with Crippen LogP contribution in [-0.4, -0.2) is 56.7 Å². The molecule has 12 heteroatoms. The van der Waals surface area contributed by atoms with E-state index in [0.29, 0.717) is 3.57 Å². The number of aromatic nitrogens is 2. The molecule has 2 N–H and O–H groups in total. The molecule has 2 fully saturated rings. The van der Waals surface area contributed by atoms with Gasteiger partial charge < -0.3 is 22.8 Å². The highest BCUT2D eigenvalue weighted by molar-refractivity contribution is 14.1. The van der Waals surface area contributed by atoms with Crippen LogP contribution in [0.3, 0.4) is 0 Å². The quantitative estimate of drug-likeness (QED) is 0.420. The monoisotopic (exact) mass is 500 g/mol. The summed E-state index contributed by atoms with van der Waals surface area (Å²) in [4.78, 5) is 25.9. The number of fused-ring (bicyclic) bond motifs is 1. The molecule has 3 rings (SSSR count). The fourth-order valence-electron chi connectivity index (χ4n) is 3.13. The molecule has 25 heavy (non-hydrogen) atoms. The van der Waals surface area contributed by atoms with Crippen LogP contribution in [0.5, 0.6) is 0 Å². The van der Waals surface area contributed by atoms with Gasteiger partial charge in [0, 0.05) is 6.20 Å². The maximum Gasteiger partial charge on any atom is 0.330 e. The second-order valence-corrected chi connectivity index (χ2v) is 15.1. The van der Waals surface area contributed by atoms with Gasteiger partial charge in [-0.05, 0) is 48.8 Å². The summed E-state index contributed by atoms with van der Waals surface area (Å²) in [6.07, 6.45) is -1.89. The van der Waals surface area contributed by atoms with Crippen molar-refractivity contribution in [3.63, 3.8) is 0 Å². The summed E-state index contributed by atoms with van der Waals surface area (Å²) < 4.78 is 25.5. The van der Waals surface area contributed by atoms with Crippen LogP contribution < -0.4 is 11.2 Å². The molecule has 2 aliphatic rings. The number of hydrogen-bond acceptors (Lipinski definition) is 7. The predicted molar refractivity (Wildman–Crippen MR) is 101 cm³/mol. The summed E-state index contributed by atoms with van der Waals surface area (Å²) in [5.41, 5.74) is -1.12. The maximum absolute atomic E-state index is 12.1. The summed E-state index contributed by atoms with van der Waals surface area (Å²) in [5, 5.41) is 10.7. The van der Waals surface area contributed by atoms with E-state index >= 15 is 0 Å². The molecule has 0 amide bonds. The second-order valence-electron chi connectivity index (χ2n) is 6.99. The third kappa shape index (κ3) is 4.00. The average Bonchev–Trinajstić information content (AvgIpc) is 2.75. The lowest BCUT2D eigenvalue weighted by Gasteiger charge is -2.39. The fraction of sp³-hybridized carbons (Fsp3) is 0.692. The number of nitrogens with zero attached hydrogens (tertiary/aromatic N) is 1. The lowest BCUT2D eigenvalue weighted by atomic mass is 10.1. The molecular weight excluding hydrogens is 479 g/mol. The Morgan fingerprint density at radius 1 is 1.28 bits per heavy atom. The van der Waals surface area contributed by atoms with Gasteiger partial charge in [0.2, 0.25) is 0 Å². The molecule has 0 aliphatic carbocycles. The fourth-order valence-corrected chi connectivity index (χ4v) is 10.2. The van der Waals surface area contributed by atoms with Crippen molar-refractivity contribution in [3.8, 4) is 0 Å². The number of halogens is 1. The van der Waals surface area contributed by atoms with Gasteiger partial charge in [0.1, 0.15) is 18.3 Å². The van der Waals surface area contributed by atoms with Crippen molar-refractivity contribution >= 4 is 39.7 Å². The zero-order valence-electron chi connectivity index (χ0n) is 14.3. The molecule has 1 aromatic rings. The molecule has 9 nitrogen and oxygen atoms in total. The van der Waals surface area contributed by atoms with Crippen molar-refractivity contribution in [2.24, 2.45) is 0 Å². The molecule has 0 bridgehead atoms. The summed E-state index contributed by atoms with van der Waals surface area (Å²) in [6, 6.07) is 0. The summed E-state index contributed by atoms with van der Waals surface area (Å²) in [7, 11) is -4.91. The van der Waals surface area contributed by atoms with Gasteiger partial charge >= 0.3 is 22.8 Å². The van der Waals surface area contributed by atoms with Crippen LogP contribution in [-0.2, 0) is 17.7 Å². The number of aromatic amines is 1. The maximum atomic E-state index is 12.1. The topological polar surface area (TPSA) is 112 Å². The van der Waals surface area contributed by atoms with Crippen LogP contribution >= 0.6 is 22.6 Å². The zero-order valence-corrected chi connectivity index (χ0v) is 18.5. The first-order chi connectivity index (χ1) is 11.5. The molecule has 0 aromatic carbocycles. The van der Waals surface area contributed by atoms with Crippen LogP contribution in [0.25, 0.3) is 0 Å². The van der Waals surface area contributed by atoms with Gasteiger partial charge in [0.15, 0.2) is 6.23 Å². The molecule has 1 unspecified atom stereocenters. The van der Waals surface area contributed by atoms with Gasteiger partial charge in [-0.2, -0.15) is 0 Å². The van der Waals surface area contributed by atoms with Crippen molar-refractivity contribution in [2.45, 2.75) is 50.7 Å². The van der Waals surface area contributed by atoms with Crippen molar-refractivity contribution in [3.05, 3.63) is 30.6 Å². The van der Waals surface area contributed by atoms with Crippen molar-refractivity contribution in [1.82, 2.24) is 9.55 Å². The summed E-state index contributed by atoms with van der Waals surface area (Å²) in [5.74, 6) is 0. The molecule has 0 radical (unpaired) electrons. The van der Waals surface area contributed by atoms with Gasteiger partial charge in [-0.15, -0.1) is 0 Å². The van der Waals surface area contributed by atoms with Crippen LogP contribution in [0.15, 0.2) is 15.8 Å². The minimum Gasteiger partial charge on any atom is -0.415 e. The predicted octanol–water partition coefficient (Wildman–Crippen LogP) is 0.235. The lowest BCUT2D eigenvalue weighted by Crippen LogP contribution is -2.56. The molecular formula is C13H21IN2O7Si2. The Morgan fingerprint density at radius 2 is 1.96 bits per heavy atom. The molecule has 0 saturated carbocycles. The Kier molecular flexibility index (Phi) is 5.18. The number of hydrogen-bond donors (Lipinski definition) is 2. The first-order valence-electron chi connectivity index (χ1n) is 7.85. The number of aliphatic hydroxyl groups excluding tert-OH is 1. The van der Waals surface area contributed by atoms with E-state index in [0.717, 1.165) is 0 Å². The highest BCUT2D eigenvalue weighted by Gasteiger charge is 2.52. The Labute approximate surface area is 159 Å². The van der Waals surface area contributed by atoms with Crippen LogP contribution in [0, 0.1) is 3.57 Å². The number of aliphatic hydroxyl groups is 1. The highest BCUT2D eigenvalue weighted by atomic mass is 127. The van der Waals surface area contributed by atoms with E-state index in [-0.39, 0.29) is 6.61 Å². The molecule has 3 heterocycles. The van der Waals surface area contributed by atoms with E-state index < -0.39 is 52.9 Å². The Balaban J connectivity index is 1.94. The van der Waals surface area contributed by atoms with Gasteiger partial charge in [-0.3, -0.25) is 14.3 Å². The third-order valence-electron chi connectivity index (χ3n) is 4.01. The van der Waals surface area contributed by atoms with Gasteiger partial charge in [0.05, 0.1) is 10.2 Å². The van der Waals surface area contributed by atoms with E-state index in [1.807, 2.05) is 48.8 Å². The van der Waals surface area contributed by atoms with Crippen LogP contribution in [0.2, 0.25) is 26.2 Å². The second kappa shape index (κ2) is 6.67. The van der Waals surface area contributed by atoms with Gasteiger partial charge in [-0.25, -0.2) is 4.79 Å². The SMILES string of the molecule is C[Si]1(C)OC[C@H]2O[C@@H](n3cc(I)c(=O)[nH]c3=O)C(O)[C@H]2O[Si](C)(C)O1. The minimum atomic E-state index is -2.55. The van der Waals surface area contributed by atoms with E-state index in [2.05, 4.69) is 4.98 Å². The number of rotatable bonds is 1. The largest absolute Gasteiger partial charge is 0.415 e. The normalized spacial score (nSPS) is 34.2. The van der Waals surface area contributed by atoms with Gasteiger partial charge in [-0.1, -0.05) is 0 Å². The summed E-state index contributed by atoms with van der Waals surface area (Å²) >= 11 is 1.82. The molecule has 1 aromatic heterocycles. The standard InChI is InChI=1S/C13H21IN2O7Si2/c1-24(2)20-6-8-10(22-25(3,4)23-24)9(17)12(21-8)16-5-7(14)11(18)15-13(16)19/h5,8-10,12,17H,6H2,1-4H3,(H,15,18,19)/t8-,9?,10+,12-/m1/s1. The molecule has 140 valence electrons. The van der Waals surface area contributed by atoms with E-state index in [9.17, 15) is 14.7 Å². The number of nitrogens with one attached hydrogen (secondary N) is 1. The first kappa shape index (κ1) is 19.4. The molecule has 0 spiro atoms. The van der Waals surface area contributed by atoms with Crippen molar-refractivity contribution in [1.29, 1.82) is 0 Å². The smallest absolute Gasteiger partial charge is 0.330 e. The van der Waals surface area contributed by atoms with E-state index in [4.69, 9.17) is 17.7 Å². The molecule has 2 saturated heterocycles. The number of ether oxygens (including phenoxy) is 1. The van der Waals surface area contributed by atoms with Crippen LogP contribution in [0.4, 0.5) is 0 Å². The number of H-pyrrole nitrogens is 1. The Hall–Kier alpha value is -0.356. The lowest BCUT2D eigenvalue weighted by molar-refractivity contribution is -0.0574. The van der Waals surface area contributed by atoms with Crippen molar-refractivity contribution in [2.75, 3.05) is 6.61 Å². The van der Waals surface area contributed by atoms with Gasteiger partial charge in [0.25, 0.3) is 5.56 Å². The first-order valence-corrected chi connectivity index (χ1v) is 14.6. The van der Waals surface area contributed by atoms with Crippen molar-refractivity contribution < 1.29 is 22.8 Å². The third-order valence-corrected chi connectivity index (χ3v) is 10.4. The Bertz CT molecular complexity index is 780. The molecule has 2 aliphatic heterocycles. The Morgan fingerprint density at radius 3 is 2.64 bits per heavy atom. The average molecular weight is 500 g/mol. The zero-order chi connectivity index (χ0) is 18.6. The summed E-state index contributed by atoms with van der Waals surface area (Å²) in [6.45, 7) is 7.86. The van der Waals surface area contributed by atoms with Crippen LogP contribution in [0.1, 0.15) is 6.23 Å². The molecule has 4 atom stereocenters. The van der Waals surface area contributed by atoms with E-state index in [1.54, 1.807) is 0 Å². The van der Waals surface area contributed by atoms with E-state index in [1.165, 1.54) is 10.8 Å². The minimum absolute atomic E-state index is 0.205.